The molecule has 1 heterocycles. The Hall–Kier alpha value is 0.130. The number of nitrogens with zero attached hydrogens (tertiary/aromatic N) is 1. The first-order valence-corrected chi connectivity index (χ1v) is 7.58. The van der Waals surface area contributed by atoms with E-state index in [0.717, 1.165) is 36.2 Å². The summed E-state index contributed by atoms with van der Waals surface area (Å²) in [4.78, 5) is 2.39. The van der Waals surface area contributed by atoms with E-state index in [2.05, 4.69) is 46.9 Å². The second-order valence-corrected chi connectivity index (χ2v) is 7.14. The molecule has 0 radical (unpaired) electrons. The van der Waals surface area contributed by atoms with Crippen molar-refractivity contribution in [2.75, 3.05) is 26.2 Å². The molecule has 122 valence electrons. The number of piperazine rings is 1. The Morgan fingerprint density at radius 1 is 1.19 bits per heavy atom. The summed E-state index contributed by atoms with van der Waals surface area (Å²) >= 11 is 3.33. The van der Waals surface area contributed by atoms with E-state index in [1.807, 2.05) is 12.1 Å². The van der Waals surface area contributed by atoms with Gasteiger partial charge in [0.15, 0.2) is 0 Å². The predicted octanol–water partition coefficient (Wildman–Crippen LogP) is 4.42. The normalized spacial score (nSPS) is 17.6. The van der Waals surface area contributed by atoms with E-state index < -0.39 is 0 Å². The average molecular weight is 402 g/mol. The molecule has 0 unspecified atom stereocenters. The predicted molar refractivity (Wildman–Crippen MR) is 95.2 cm³/mol. The zero-order valence-electron chi connectivity index (χ0n) is 12.7. The van der Waals surface area contributed by atoms with Crippen molar-refractivity contribution >= 4 is 40.7 Å². The summed E-state index contributed by atoms with van der Waals surface area (Å²) in [5.41, 5.74) is 0.809. The summed E-state index contributed by atoms with van der Waals surface area (Å²) in [5, 5.41) is 3.35. The highest BCUT2D eigenvalue weighted by Gasteiger charge is 2.34. The Bertz CT molecular complexity index is 446. The zero-order valence-corrected chi connectivity index (χ0v) is 15.9. The number of halogens is 4. The van der Waals surface area contributed by atoms with Crippen LogP contribution in [0.15, 0.2) is 22.7 Å². The molecule has 1 aromatic carbocycles. The summed E-state index contributed by atoms with van der Waals surface area (Å²) in [6, 6.07) is 5.52. The number of hydrogen-bond acceptors (Lipinski definition) is 2. The standard InChI is InChI=1S/C15H22BrFN2.2ClH/c1-15(2,3)14(19-8-6-18-7-9-19)12-5-4-11(16)10-13(12)17;;/h4-5,10,14,18H,6-9H2,1-3H3;2*1H/t14-;;/m0../s1. The summed E-state index contributed by atoms with van der Waals surface area (Å²) < 4.78 is 15.1. The van der Waals surface area contributed by atoms with Gasteiger partial charge in [-0.15, -0.1) is 24.8 Å². The second-order valence-electron chi connectivity index (χ2n) is 6.22. The van der Waals surface area contributed by atoms with E-state index >= 15 is 0 Å². The van der Waals surface area contributed by atoms with Crippen molar-refractivity contribution in [2.24, 2.45) is 5.41 Å². The largest absolute Gasteiger partial charge is 0.314 e. The molecule has 1 aliphatic heterocycles. The molecule has 0 amide bonds. The maximum atomic E-state index is 14.3. The van der Waals surface area contributed by atoms with Crippen LogP contribution in [-0.4, -0.2) is 31.1 Å². The van der Waals surface area contributed by atoms with Gasteiger partial charge in [0.1, 0.15) is 5.82 Å². The van der Waals surface area contributed by atoms with Crippen molar-refractivity contribution in [1.29, 1.82) is 0 Å². The van der Waals surface area contributed by atoms with E-state index in [1.165, 1.54) is 0 Å². The Balaban J connectivity index is 0.00000200. The third kappa shape index (κ3) is 5.36. The van der Waals surface area contributed by atoms with Gasteiger partial charge in [0.2, 0.25) is 0 Å². The van der Waals surface area contributed by atoms with Crippen LogP contribution in [0.5, 0.6) is 0 Å². The quantitative estimate of drug-likeness (QED) is 0.788. The zero-order chi connectivity index (χ0) is 14.0. The third-order valence-electron chi connectivity index (χ3n) is 3.59. The fourth-order valence-electron chi connectivity index (χ4n) is 2.87. The summed E-state index contributed by atoms with van der Waals surface area (Å²) in [6.45, 7) is 10.4. The van der Waals surface area contributed by atoms with Gasteiger partial charge in [-0.25, -0.2) is 4.39 Å². The van der Waals surface area contributed by atoms with Crippen molar-refractivity contribution < 1.29 is 4.39 Å². The van der Waals surface area contributed by atoms with Crippen LogP contribution >= 0.6 is 40.7 Å². The molecule has 1 fully saturated rings. The second kappa shape index (κ2) is 8.68. The van der Waals surface area contributed by atoms with Crippen LogP contribution in [-0.2, 0) is 0 Å². The average Bonchev–Trinajstić information content (AvgIpc) is 2.32. The Morgan fingerprint density at radius 3 is 2.24 bits per heavy atom. The SMILES string of the molecule is CC(C)(C)[C@H](c1ccc(Br)cc1F)N1CCNCC1.Cl.Cl. The van der Waals surface area contributed by atoms with Gasteiger partial charge in [-0.1, -0.05) is 42.8 Å². The van der Waals surface area contributed by atoms with Gasteiger partial charge < -0.3 is 5.32 Å². The molecule has 1 saturated heterocycles. The molecule has 6 heteroatoms. The van der Waals surface area contributed by atoms with Gasteiger partial charge in [-0.3, -0.25) is 4.90 Å². The van der Waals surface area contributed by atoms with Gasteiger partial charge >= 0.3 is 0 Å². The first-order valence-electron chi connectivity index (χ1n) is 6.79. The number of benzene rings is 1. The maximum absolute atomic E-state index is 14.3. The molecule has 2 nitrogen and oxygen atoms in total. The number of nitrogens with one attached hydrogen (secondary N) is 1. The van der Waals surface area contributed by atoms with Crippen LogP contribution in [0.4, 0.5) is 4.39 Å². The Morgan fingerprint density at radius 2 is 1.76 bits per heavy atom. The van der Waals surface area contributed by atoms with Crippen molar-refractivity contribution in [3.63, 3.8) is 0 Å². The topological polar surface area (TPSA) is 15.3 Å². The van der Waals surface area contributed by atoms with E-state index in [1.54, 1.807) is 6.07 Å². The highest BCUT2D eigenvalue weighted by molar-refractivity contribution is 9.10. The molecule has 21 heavy (non-hydrogen) atoms. The molecular weight excluding hydrogens is 378 g/mol. The first-order chi connectivity index (χ1) is 8.89. The van der Waals surface area contributed by atoms with Gasteiger partial charge in [-0.2, -0.15) is 0 Å². The molecular formula is C15H24BrCl2FN2. The lowest BCUT2D eigenvalue weighted by atomic mass is 9.80. The smallest absolute Gasteiger partial charge is 0.129 e. The van der Waals surface area contributed by atoms with E-state index in [4.69, 9.17) is 0 Å². The fourth-order valence-corrected chi connectivity index (χ4v) is 3.21. The fraction of sp³-hybridized carbons (Fsp3) is 0.600. The molecule has 0 spiro atoms. The summed E-state index contributed by atoms with van der Waals surface area (Å²) in [6.07, 6.45) is 0. The highest BCUT2D eigenvalue weighted by atomic mass is 79.9. The lowest BCUT2D eigenvalue weighted by Gasteiger charge is -2.42. The molecule has 1 N–H and O–H groups in total. The van der Waals surface area contributed by atoms with Crippen molar-refractivity contribution in [1.82, 2.24) is 10.2 Å². The third-order valence-corrected chi connectivity index (χ3v) is 4.09. The van der Waals surface area contributed by atoms with Crippen molar-refractivity contribution in [3.8, 4) is 0 Å². The lowest BCUT2D eigenvalue weighted by Crippen LogP contribution is -2.48. The number of rotatable bonds is 2. The molecule has 0 bridgehead atoms. The lowest BCUT2D eigenvalue weighted by molar-refractivity contribution is 0.0834. The highest BCUT2D eigenvalue weighted by Crippen LogP contribution is 2.39. The summed E-state index contributed by atoms with van der Waals surface area (Å²) in [7, 11) is 0. The molecule has 0 saturated carbocycles. The minimum absolute atomic E-state index is 0. The van der Waals surface area contributed by atoms with Crippen molar-refractivity contribution in [2.45, 2.75) is 26.8 Å². The Labute approximate surface area is 147 Å². The van der Waals surface area contributed by atoms with Gasteiger partial charge in [0.25, 0.3) is 0 Å². The Kier molecular flexibility index (Phi) is 8.74. The molecule has 1 aromatic rings. The van der Waals surface area contributed by atoms with Gasteiger partial charge in [-0.05, 0) is 17.5 Å². The maximum Gasteiger partial charge on any atom is 0.129 e. The van der Waals surface area contributed by atoms with Gasteiger partial charge in [0.05, 0.1) is 0 Å². The van der Waals surface area contributed by atoms with Crippen LogP contribution in [0, 0.1) is 11.2 Å². The van der Waals surface area contributed by atoms with Crippen molar-refractivity contribution in [3.05, 3.63) is 34.1 Å². The number of hydrogen-bond donors (Lipinski definition) is 1. The minimum atomic E-state index is -0.118. The minimum Gasteiger partial charge on any atom is -0.314 e. The molecule has 0 aliphatic carbocycles. The van der Waals surface area contributed by atoms with Crippen LogP contribution < -0.4 is 5.32 Å². The monoisotopic (exact) mass is 400 g/mol. The van der Waals surface area contributed by atoms with Crippen LogP contribution in [0.2, 0.25) is 0 Å². The molecule has 0 aromatic heterocycles. The van der Waals surface area contributed by atoms with Crippen LogP contribution in [0.1, 0.15) is 32.4 Å². The molecule has 1 atom stereocenters. The first kappa shape index (κ1) is 21.1. The summed E-state index contributed by atoms with van der Waals surface area (Å²) in [5.74, 6) is -0.118. The van der Waals surface area contributed by atoms with E-state index in [9.17, 15) is 4.39 Å². The molecule has 2 rings (SSSR count). The van der Waals surface area contributed by atoms with Crippen LogP contribution in [0.25, 0.3) is 0 Å². The molecule has 1 aliphatic rings. The van der Waals surface area contributed by atoms with Gasteiger partial charge in [0, 0.05) is 42.3 Å². The van der Waals surface area contributed by atoms with E-state index in [0.29, 0.717) is 0 Å². The van der Waals surface area contributed by atoms with Crippen LogP contribution in [0.3, 0.4) is 0 Å². The van der Waals surface area contributed by atoms with E-state index in [-0.39, 0.29) is 42.1 Å².